The molecule has 0 bridgehead atoms. The molecule has 0 aliphatic carbocycles. The van der Waals surface area contributed by atoms with E-state index < -0.39 is 0 Å². The van der Waals surface area contributed by atoms with Crippen molar-refractivity contribution in [3.63, 3.8) is 0 Å². The van der Waals surface area contributed by atoms with Crippen LogP contribution in [0.4, 0.5) is 0 Å². The van der Waals surface area contributed by atoms with Gasteiger partial charge in [-0.05, 0) is 48.4 Å². The predicted molar refractivity (Wildman–Crippen MR) is 127 cm³/mol. The first-order valence-corrected chi connectivity index (χ1v) is 12.0. The maximum Gasteiger partial charge on any atom is 0.266 e. The highest BCUT2D eigenvalue weighted by molar-refractivity contribution is 7.99. The van der Waals surface area contributed by atoms with E-state index in [-0.39, 0.29) is 23.1 Å². The molecular weight excluding hydrogens is 406 g/mol. The summed E-state index contributed by atoms with van der Waals surface area (Å²) in [5, 5.41) is 1.15. The molecular formula is C25H29N3O2S. The summed E-state index contributed by atoms with van der Waals surface area (Å²) in [5.74, 6) is 1.33. The number of hydrogen-bond donors (Lipinski definition) is 0. The van der Waals surface area contributed by atoms with E-state index in [9.17, 15) is 9.59 Å². The van der Waals surface area contributed by atoms with Crippen molar-refractivity contribution in [2.45, 2.75) is 44.7 Å². The topological polar surface area (TPSA) is 55.2 Å². The van der Waals surface area contributed by atoms with Crippen molar-refractivity contribution in [2.24, 2.45) is 5.92 Å². The molecule has 2 heterocycles. The van der Waals surface area contributed by atoms with Crippen LogP contribution in [-0.4, -0.2) is 39.2 Å². The van der Waals surface area contributed by atoms with Gasteiger partial charge in [-0.2, -0.15) is 0 Å². The minimum absolute atomic E-state index is 0.0968. The summed E-state index contributed by atoms with van der Waals surface area (Å²) in [4.78, 5) is 33.1. The number of hydrogen-bond acceptors (Lipinski definition) is 4. The number of nitrogens with zero attached hydrogens (tertiary/aromatic N) is 3. The fraction of sp³-hybridized carbons (Fsp3) is 0.400. The quantitative estimate of drug-likeness (QED) is 0.424. The van der Waals surface area contributed by atoms with Crippen LogP contribution in [0, 0.1) is 5.92 Å². The molecule has 31 heavy (non-hydrogen) atoms. The maximum absolute atomic E-state index is 13.5. The lowest BCUT2D eigenvalue weighted by atomic mass is 9.99. The van der Waals surface area contributed by atoms with Crippen molar-refractivity contribution in [1.29, 1.82) is 0 Å². The first kappa shape index (κ1) is 21.6. The first-order chi connectivity index (χ1) is 15.0. The predicted octanol–water partition coefficient (Wildman–Crippen LogP) is 4.86. The van der Waals surface area contributed by atoms with Crippen molar-refractivity contribution in [3.8, 4) is 5.69 Å². The van der Waals surface area contributed by atoms with Crippen LogP contribution < -0.4 is 5.56 Å². The fourth-order valence-corrected chi connectivity index (χ4v) is 4.98. The molecule has 4 rings (SSSR count). The van der Waals surface area contributed by atoms with Crippen LogP contribution in [0.2, 0.25) is 0 Å². The highest BCUT2D eigenvalue weighted by atomic mass is 32.2. The molecule has 1 saturated heterocycles. The van der Waals surface area contributed by atoms with Crippen LogP contribution in [-0.2, 0) is 4.79 Å². The zero-order chi connectivity index (χ0) is 22.0. The molecule has 0 saturated carbocycles. The van der Waals surface area contributed by atoms with Crippen molar-refractivity contribution >= 4 is 28.6 Å². The van der Waals surface area contributed by atoms with Crippen LogP contribution in [0.25, 0.3) is 16.6 Å². The molecule has 5 nitrogen and oxygen atoms in total. The van der Waals surface area contributed by atoms with E-state index in [0.717, 1.165) is 37.2 Å². The molecule has 6 heteroatoms. The van der Waals surface area contributed by atoms with E-state index in [4.69, 9.17) is 4.98 Å². The van der Waals surface area contributed by atoms with Gasteiger partial charge in [0.25, 0.3) is 5.56 Å². The lowest BCUT2D eigenvalue weighted by Crippen LogP contribution is -2.39. The van der Waals surface area contributed by atoms with E-state index in [1.165, 1.54) is 11.8 Å². The lowest BCUT2D eigenvalue weighted by molar-refractivity contribution is -0.129. The van der Waals surface area contributed by atoms with Crippen molar-refractivity contribution in [3.05, 3.63) is 64.4 Å². The summed E-state index contributed by atoms with van der Waals surface area (Å²) in [6.07, 6.45) is 2.11. The van der Waals surface area contributed by atoms with E-state index >= 15 is 0 Å². The van der Waals surface area contributed by atoms with Gasteiger partial charge in [-0.15, -0.1) is 0 Å². The second-order valence-corrected chi connectivity index (χ2v) is 9.56. The highest BCUT2D eigenvalue weighted by Gasteiger charge is 2.22. The molecule has 0 N–H and O–H groups in total. The summed E-state index contributed by atoms with van der Waals surface area (Å²) in [7, 11) is 0. The Morgan fingerprint density at radius 2 is 1.77 bits per heavy atom. The number of rotatable bonds is 5. The van der Waals surface area contributed by atoms with Gasteiger partial charge >= 0.3 is 0 Å². The van der Waals surface area contributed by atoms with Gasteiger partial charge in [-0.1, -0.05) is 62.9 Å². The molecule has 1 aliphatic rings. The van der Waals surface area contributed by atoms with E-state index in [1.807, 2.05) is 47.4 Å². The average Bonchev–Trinajstić information content (AvgIpc) is 2.78. The number of carbonyl (C=O) groups is 1. The normalized spacial score (nSPS) is 15.0. The molecule has 3 aromatic rings. The van der Waals surface area contributed by atoms with Crippen molar-refractivity contribution in [1.82, 2.24) is 14.5 Å². The van der Waals surface area contributed by atoms with Gasteiger partial charge in [0.15, 0.2) is 5.16 Å². The van der Waals surface area contributed by atoms with Crippen LogP contribution in [0.5, 0.6) is 0 Å². The number of carbonyl (C=O) groups excluding carboxylic acids is 1. The summed E-state index contributed by atoms with van der Waals surface area (Å²) >= 11 is 1.35. The highest BCUT2D eigenvalue weighted by Crippen LogP contribution is 2.27. The minimum Gasteiger partial charge on any atom is -0.342 e. The maximum atomic E-state index is 13.5. The molecule has 0 atom stereocenters. The Labute approximate surface area is 187 Å². The largest absolute Gasteiger partial charge is 0.342 e. The molecule has 1 aromatic heterocycles. The van der Waals surface area contributed by atoms with Crippen LogP contribution >= 0.6 is 11.8 Å². The fourth-order valence-electron chi connectivity index (χ4n) is 4.08. The number of amides is 1. The number of thioether (sulfide) groups is 1. The summed E-state index contributed by atoms with van der Waals surface area (Å²) in [6.45, 7) is 8.10. The van der Waals surface area contributed by atoms with E-state index in [0.29, 0.717) is 22.0 Å². The monoisotopic (exact) mass is 435 g/mol. The molecule has 1 aliphatic heterocycles. The third-order valence-electron chi connectivity index (χ3n) is 6.01. The van der Waals surface area contributed by atoms with Gasteiger partial charge in [0.1, 0.15) is 0 Å². The third kappa shape index (κ3) is 4.54. The van der Waals surface area contributed by atoms with Crippen LogP contribution in [0.1, 0.15) is 45.1 Å². The Hall–Kier alpha value is -2.60. The molecule has 1 fully saturated rings. The number of benzene rings is 2. The molecule has 162 valence electrons. The SMILES string of the molecule is CC1CCN(C(=O)CSc2nc3ccccc3c(=O)n2-c2ccccc2C(C)C)CC1. The number of piperidine rings is 1. The molecule has 0 radical (unpaired) electrons. The van der Waals surface area contributed by atoms with Gasteiger partial charge in [0.05, 0.1) is 22.3 Å². The number of para-hydroxylation sites is 2. The summed E-state index contributed by atoms with van der Waals surface area (Å²) in [6, 6.07) is 15.4. The van der Waals surface area contributed by atoms with Gasteiger partial charge in [-0.25, -0.2) is 4.98 Å². The number of likely N-dealkylation sites (tertiary alicyclic amines) is 1. The molecule has 0 unspecified atom stereocenters. The van der Waals surface area contributed by atoms with Gasteiger partial charge in [0.2, 0.25) is 5.91 Å². The minimum atomic E-state index is -0.0968. The van der Waals surface area contributed by atoms with Crippen LogP contribution in [0.3, 0.4) is 0 Å². The lowest BCUT2D eigenvalue weighted by Gasteiger charge is -2.30. The molecule has 0 spiro atoms. The van der Waals surface area contributed by atoms with Crippen molar-refractivity contribution in [2.75, 3.05) is 18.8 Å². The Bertz CT molecular complexity index is 1150. The second-order valence-electron chi connectivity index (χ2n) is 8.62. The number of fused-ring (bicyclic) bond motifs is 1. The average molecular weight is 436 g/mol. The van der Waals surface area contributed by atoms with Gasteiger partial charge in [0, 0.05) is 13.1 Å². The van der Waals surface area contributed by atoms with Gasteiger partial charge in [-0.3, -0.25) is 14.2 Å². The van der Waals surface area contributed by atoms with Crippen LogP contribution in [0.15, 0.2) is 58.5 Å². The Morgan fingerprint density at radius 1 is 1.10 bits per heavy atom. The number of aromatic nitrogens is 2. The first-order valence-electron chi connectivity index (χ1n) is 11.0. The van der Waals surface area contributed by atoms with E-state index in [2.05, 4.69) is 26.8 Å². The van der Waals surface area contributed by atoms with Gasteiger partial charge < -0.3 is 4.90 Å². The van der Waals surface area contributed by atoms with E-state index in [1.54, 1.807) is 4.57 Å². The third-order valence-corrected chi connectivity index (χ3v) is 6.93. The van der Waals surface area contributed by atoms with Crippen molar-refractivity contribution < 1.29 is 4.79 Å². The standard InChI is InChI=1S/C25H29N3O2S/c1-17(2)19-8-5-7-11-22(19)28-24(30)20-9-4-6-10-21(20)26-25(28)31-16-23(29)27-14-12-18(3)13-15-27/h4-11,17-18H,12-16H2,1-3H3. The summed E-state index contributed by atoms with van der Waals surface area (Å²) < 4.78 is 1.69. The smallest absolute Gasteiger partial charge is 0.266 e. The Balaban J connectivity index is 1.73. The molecule has 2 aromatic carbocycles. The summed E-state index contributed by atoms with van der Waals surface area (Å²) in [5.41, 5.74) is 2.48. The Morgan fingerprint density at radius 3 is 2.52 bits per heavy atom. The zero-order valence-electron chi connectivity index (χ0n) is 18.4. The Kier molecular flexibility index (Phi) is 6.46. The zero-order valence-corrected chi connectivity index (χ0v) is 19.2. The second kappa shape index (κ2) is 9.27. The molecule has 1 amide bonds.